The Hall–Kier alpha value is -2.27. The van der Waals surface area contributed by atoms with E-state index in [1.54, 1.807) is 0 Å². The molecule has 5 heteroatoms. The topological polar surface area (TPSA) is 45.2 Å². The predicted octanol–water partition coefficient (Wildman–Crippen LogP) is 2.94. The molecule has 2 heterocycles. The third-order valence-corrected chi connectivity index (χ3v) is 3.55. The first-order valence-electron chi connectivity index (χ1n) is 7.00. The number of halogens is 1. The Labute approximate surface area is 122 Å². The Morgan fingerprint density at radius 3 is 2.86 bits per heavy atom. The molecule has 3 rings (SSSR count). The predicted molar refractivity (Wildman–Crippen MR) is 78.8 cm³/mol. The van der Waals surface area contributed by atoms with Crippen molar-refractivity contribution in [3.05, 3.63) is 54.1 Å². The molecule has 2 aromatic rings. The van der Waals surface area contributed by atoms with Gasteiger partial charge in [-0.2, -0.15) is 0 Å². The van der Waals surface area contributed by atoms with E-state index in [0.29, 0.717) is 0 Å². The molecule has 0 radical (unpaired) electrons. The van der Waals surface area contributed by atoms with Gasteiger partial charge < -0.3 is 5.32 Å². The van der Waals surface area contributed by atoms with Gasteiger partial charge in [0.15, 0.2) is 5.82 Å². The van der Waals surface area contributed by atoms with Crippen molar-refractivity contribution < 1.29 is 9.18 Å². The van der Waals surface area contributed by atoms with Crippen molar-refractivity contribution in [3.8, 4) is 0 Å². The number of carbonyl (C=O) groups is 1. The second-order valence-electron chi connectivity index (χ2n) is 4.95. The molecule has 1 aromatic heterocycles. The molecule has 1 unspecified atom stereocenters. The van der Waals surface area contributed by atoms with Crippen molar-refractivity contribution in [1.29, 1.82) is 0 Å². The SMILES string of the molecule is CCCNC1C(=O)N(c2ccncc2F)c2ccccc21. The third-order valence-electron chi connectivity index (χ3n) is 3.55. The largest absolute Gasteiger partial charge is 0.302 e. The lowest BCUT2D eigenvalue weighted by Crippen LogP contribution is -2.32. The van der Waals surface area contributed by atoms with Crippen LogP contribution in [0.4, 0.5) is 15.8 Å². The minimum absolute atomic E-state index is 0.158. The lowest BCUT2D eigenvalue weighted by atomic mass is 10.1. The quantitative estimate of drug-likeness (QED) is 0.939. The molecule has 0 saturated carbocycles. The summed E-state index contributed by atoms with van der Waals surface area (Å²) in [6.45, 7) is 2.77. The van der Waals surface area contributed by atoms with Crippen molar-refractivity contribution in [2.24, 2.45) is 0 Å². The second-order valence-corrected chi connectivity index (χ2v) is 4.95. The third kappa shape index (κ3) is 2.29. The summed E-state index contributed by atoms with van der Waals surface area (Å²) >= 11 is 0. The van der Waals surface area contributed by atoms with Gasteiger partial charge in [0, 0.05) is 11.8 Å². The molecule has 0 bridgehead atoms. The van der Waals surface area contributed by atoms with E-state index in [-0.39, 0.29) is 11.6 Å². The zero-order valence-corrected chi connectivity index (χ0v) is 11.7. The minimum atomic E-state index is -0.503. The van der Waals surface area contributed by atoms with Crippen LogP contribution in [-0.2, 0) is 4.79 Å². The second kappa shape index (κ2) is 5.61. The molecule has 1 amide bonds. The summed E-state index contributed by atoms with van der Waals surface area (Å²) in [7, 11) is 0. The summed E-state index contributed by atoms with van der Waals surface area (Å²) in [5, 5.41) is 3.23. The molecule has 0 fully saturated rings. The first-order valence-corrected chi connectivity index (χ1v) is 7.00. The maximum absolute atomic E-state index is 14.0. The minimum Gasteiger partial charge on any atom is -0.302 e. The fraction of sp³-hybridized carbons (Fsp3) is 0.250. The lowest BCUT2D eigenvalue weighted by Gasteiger charge is -2.18. The van der Waals surface area contributed by atoms with Gasteiger partial charge in [-0.05, 0) is 25.1 Å². The number of hydrogen-bond donors (Lipinski definition) is 1. The van der Waals surface area contributed by atoms with Gasteiger partial charge in [0.2, 0.25) is 0 Å². The van der Waals surface area contributed by atoms with Crippen LogP contribution < -0.4 is 10.2 Å². The molecule has 1 atom stereocenters. The Morgan fingerprint density at radius 1 is 1.29 bits per heavy atom. The van der Waals surface area contributed by atoms with E-state index < -0.39 is 11.9 Å². The molecular formula is C16H16FN3O. The van der Waals surface area contributed by atoms with Crippen LogP contribution in [0.3, 0.4) is 0 Å². The van der Waals surface area contributed by atoms with E-state index in [9.17, 15) is 9.18 Å². The van der Waals surface area contributed by atoms with Crippen LogP contribution in [0.25, 0.3) is 0 Å². The van der Waals surface area contributed by atoms with Crippen LogP contribution >= 0.6 is 0 Å². The normalized spacial score (nSPS) is 17.1. The highest BCUT2D eigenvalue weighted by Gasteiger charge is 2.38. The maximum atomic E-state index is 14.0. The first-order chi connectivity index (χ1) is 10.2. The fourth-order valence-electron chi connectivity index (χ4n) is 2.60. The zero-order chi connectivity index (χ0) is 14.8. The molecule has 1 aromatic carbocycles. The number of rotatable bonds is 4. The zero-order valence-electron chi connectivity index (χ0n) is 11.7. The molecule has 21 heavy (non-hydrogen) atoms. The fourth-order valence-corrected chi connectivity index (χ4v) is 2.60. The van der Waals surface area contributed by atoms with Gasteiger partial charge in [0.05, 0.1) is 17.6 Å². The number of benzene rings is 1. The van der Waals surface area contributed by atoms with E-state index in [4.69, 9.17) is 0 Å². The molecule has 108 valence electrons. The summed E-state index contributed by atoms with van der Waals surface area (Å²) in [4.78, 5) is 17.9. The molecule has 4 nitrogen and oxygen atoms in total. The van der Waals surface area contributed by atoms with Crippen molar-refractivity contribution in [2.45, 2.75) is 19.4 Å². The van der Waals surface area contributed by atoms with E-state index in [1.165, 1.54) is 17.2 Å². The number of aromatic nitrogens is 1. The highest BCUT2D eigenvalue weighted by molar-refractivity contribution is 6.10. The van der Waals surface area contributed by atoms with Crippen molar-refractivity contribution in [2.75, 3.05) is 11.4 Å². The monoisotopic (exact) mass is 285 g/mol. The number of pyridine rings is 1. The van der Waals surface area contributed by atoms with Gasteiger partial charge >= 0.3 is 0 Å². The lowest BCUT2D eigenvalue weighted by molar-refractivity contribution is -0.119. The van der Waals surface area contributed by atoms with Crippen LogP contribution in [0, 0.1) is 5.82 Å². The van der Waals surface area contributed by atoms with E-state index >= 15 is 0 Å². The van der Waals surface area contributed by atoms with E-state index in [0.717, 1.165) is 30.4 Å². The number of amides is 1. The van der Waals surface area contributed by atoms with Gasteiger partial charge in [0.1, 0.15) is 6.04 Å². The van der Waals surface area contributed by atoms with Crippen molar-refractivity contribution >= 4 is 17.3 Å². The van der Waals surface area contributed by atoms with E-state index in [1.807, 2.05) is 31.2 Å². The molecule has 1 aliphatic rings. The van der Waals surface area contributed by atoms with Gasteiger partial charge in [-0.15, -0.1) is 0 Å². The summed E-state index contributed by atoms with van der Waals surface area (Å²) in [5.41, 5.74) is 1.84. The van der Waals surface area contributed by atoms with E-state index in [2.05, 4.69) is 10.3 Å². The summed E-state index contributed by atoms with van der Waals surface area (Å²) in [5.74, 6) is -0.661. The highest BCUT2D eigenvalue weighted by Crippen LogP contribution is 2.41. The molecule has 0 aliphatic carbocycles. The average molecular weight is 285 g/mol. The van der Waals surface area contributed by atoms with Crippen molar-refractivity contribution in [3.63, 3.8) is 0 Å². The van der Waals surface area contributed by atoms with Gasteiger partial charge in [-0.1, -0.05) is 25.1 Å². The number of nitrogens with one attached hydrogen (secondary N) is 1. The number of carbonyl (C=O) groups excluding carboxylic acids is 1. The number of para-hydroxylation sites is 1. The Kier molecular flexibility index (Phi) is 3.66. The Morgan fingerprint density at radius 2 is 2.10 bits per heavy atom. The molecule has 0 saturated heterocycles. The average Bonchev–Trinajstić information content (AvgIpc) is 2.78. The van der Waals surface area contributed by atoms with Crippen molar-refractivity contribution in [1.82, 2.24) is 10.3 Å². The van der Waals surface area contributed by atoms with Crippen LogP contribution in [0.15, 0.2) is 42.7 Å². The number of anilines is 2. The summed E-state index contributed by atoms with van der Waals surface area (Å²) < 4.78 is 14.0. The Bertz CT molecular complexity index is 674. The maximum Gasteiger partial charge on any atom is 0.253 e. The Balaban J connectivity index is 2.07. The number of fused-ring (bicyclic) bond motifs is 1. The van der Waals surface area contributed by atoms with Crippen LogP contribution in [-0.4, -0.2) is 17.4 Å². The first kappa shape index (κ1) is 13.7. The van der Waals surface area contributed by atoms with Crippen LogP contribution in [0.2, 0.25) is 0 Å². The smallest absolute Gasteiger partial charge is 0.253 e. The molecule has 1 N–H and O–H groups in total. The number of nitrogens with zero attached hydrogens (tertiary/aromatic N) is 2. The molecular weight excluding hydrogens is 269 g/mol. The summed E-state index contributed by atoms with van der Waals surface area (Å²) in [6, 6.07) is 8.57. The van der Waals surface area contributed by atoms with Gasteiger partial charge in [-0.3, -0.25) is 14.7 Å². The number of hydrogen-bond acceptors (Lipinski definition) is 3. The van der Waals surface area contributed by atoms with Gasteiger partial charge in [-0.25, -0.2) is 4.39 Å². The highest BCUT2D eigenvalue weighted by atomic mass is 19.1. The van der Waals surface area contributed by atoms with Crippen LogP contribution in [0.1, 0.15) is 24.9 Å². The van der Waals surface area contributed by atoms with Crippen LogP contribution in [0.5, 0.6) is 0 Å². The summed E-state index contributed by atoms with van der Waals surface area (Å²) in [6.07, 6.45) is 3.54. The van der Waals surface area contributed by atoms with Gasteiger partial charge in [0.25, 0.3) is 5.91 Å². The molecule has 0 spiro atoms. The standard InChI is InChI=1S/C16H16FN3O/c1-2-8-19-15-11-5-3-4-6-13(11)20(16(15)21)14-7-9-18-10-12(14)17/h3-7,9-10,15,19H,2,8H2,1H3. The molecule has 1 aliphatic heterocycles.